The van der Waals surface area contributed by atoms with Crippen LogP contribution in [0.4, 0.5) is 5.82 Å². The van der Waals surface area contributed by atoms with Crippen LogP contribution < -0.4 is 10.5 Å². The van der Waals surface area contributed by atoms with Crippen molar-refractivity contribution in [1.29, 1.82) is 5.26 Å². The van der Waals surface area contributed by atoms with Gasteiger partial charge in [-0.2, -0.15) is 5.26 Å². The Morgan fingerprint density at radius 2 is 1.90 bits per heavy atom. The fraction of sp³-hybridized carbons (Fsp3) is 0.0588. The molecule has 0 radical (unpaired) electrons. The minimum Gasteiger partial charge on any atom is -0.494 e. The highest BCUT2D eigenvalue weighted by atomic mass is 16.5. The molecule has 0 aliphatic heterocycles. The van der Waals surface area contributed by atoms with E-state index in [4.69, 9.17) is 15.7 Å². The van der Waals surface area contributed by atoms with Gasteiger partial charge in [0, 0.05) is 5.39 Å². The summed E-state index contributed by atoms with van der Waals surface area (Å²) in [5.74, 6) is 0.856. The number of benzene rings is 2. The van der Waals surface area contributed by atoms with Gasteiger partial charge in [0.1, 0.15) is 23.2 Å². The number of nitrogen functional groups attached to an aromatic ring is 1. The van der Waals surface area contributed by atoms with Crippen LogP contribution in [0.1, 0.15) is 5.56 Å². The monoisotopic (exact) mass is 275 g/mol. The van der Waals surface area contributed by atoms with Gasteiger partial charge in [-0.15, -0.1) is 0 Å². The third kappa shape index (κ3) is 2.15. The molecule has 21 heavy (non-hydrogen) atoms. The van der Waals surface area contributed by atoms with Crippen molar-refractivity contribution in [2.24, 2.45) is 0 Å². The molecule has 4 heteroatoms. The maximum Gasteiger partial charge on any atom is 0.145 e. The second kappa shape index (κ2) is 5.14. The number of nitrogens with zero attached hydrogens (tertiary/aromatic N) is 2. The first-order valence-corrected chi connectivity index (χ1v) is 6.47. The predicted octanol–water partition coefficient (Wildman–Crippen LogP) is 3.36. The van der Waals surface area contributed by atoms with Gasteiger partial charge in [0.2, 0.25) is 0 Å². The van der Waals surface area contributed by atoms with E-state index in [0.29, 0.717) is 16.8 Å². The van der Waals surface area contributed by atoms with Crippen molar-refractivity contribution in [3.8, 4) is 22.9 Å². The molecule has 0 aliphatic rings. The number of ether oxygens (including phenoxy) is 1. The maximum absolute atomic E-state index is 9.16. The summed E-state index contributed by atoms with van der Waals surface area (Å²) < 4.78 is 5.35. The molecule has 0 bridgehead atoms. The molecule has 0 spiro atoms. The van der Waals surface area contributed by atoms with Gasteiger partial charge in [0.05, 0.1) is 12.7 Å². The molecule has 3 rings (SSSR count). The van der Waals surface area contributed by atoms with E-state index in [1.165, 1.54) is 0 Å². The fourth-order valence-corrected chi connectivity index (χ4v) is 2.37. The van der Waals surface area contributed by atoms with E-state index in [9.17, 15) is 0 Å². The Bertz CT molecular complexity index is 851. The van der Waals surface area contributed by atoms with Gasteiger partial charge in [0.25, 0.3) is 0 Å². The zero-order valence-corrected chi connectivity index (χ0v) is 11.5. The number of methoxy groups -OCH3 is 1. The summed E-state index contributed by atoms with van der Waals surface area (Å²) in [4.78, 5) is 4.33. The molecular formula is C17H13N3O. The number of hydrogen-bond donors (Lipinski definition) is 1. The third-order valence-electron chi connectivity index (χ3n) is 3.40. The first kappa shape index (κ1) is 12.9. The van der Waals surface area contributed by atoms with Crippen molar-refractivity contribution in [1.82, 2.24) is 4.98 Å². The van der Waals surface area contributed by atoms with E-state index in [2.05, 4.69) is 11.1 Å². The molecule has 4 nitrogen and oxygen atoms in total. The van der Waals surface area contributed by atoms with E-state index in [1.54, 1.807) is 13.2 Å². The van der Waals surface area contributed by atoms with Gasteiger partial charge in [-0.1, -0.05) is 30.3 Å². The Morgan fingerprint density at radius 1 is 1.14 bits per heavy atom. The van der Waals surface area contributed by atoms with Gasteiger partial charge in [0.15, 0.2) is 0 Å². The smallest absolute Gasteiger partial charge is 0.145 e. The molecule has 0 fully saturated rings. The van der Waals surface area contributed by atoms with Crippen molar-refractivity contribution in [3.63, 3.8) is 0 Å². The van der Waals surface area contributed by atoms with Crippen LogP contribution in [-0.2, 0) is 0 Å². The number of pyridine rings is 1. The average Bonchev–Trinajstić information content (AvgIpc) is 2.54. The van der Waals surface area contributed by atoms with E-state index in [1.807, 2.05) is 42.5 Å². The summed E-state index contributed by atoms with van der Waals surface area (Å²) >= 11 is 0. The number of nitriles is 1. The molecule has 0 amide bonds. The lowest BCUT2D eigenvalue weighted by atomic mass is 9.99. The molecule has 0 unspecified atom stereocenters. The normalized spacial score (nSPS) is 10.3. The molecule has 3 aromatic rings. The van der Waals surface area contributed by atoms with Crippen molar-refractivity contribution >= 4 is 16.7 Å². The van der Waals surface area contributed by atoms with Crippen LogP contribution in [0, 0.1) is 11.3 Å². The fourth-order valence-electron chi connectivity index (χ4n) is 2.37. The quantitative estimate of drug-likeness (QED) is 0.778. The van der Waals surface area contributed by atoms with Gasteiger partial charge in [-0.05, 0) is 29.3 Å². The van der Waals surface area contributed by atoms with E-state index in [0.717, 1.165) is 16.5 Å². The number of aromatic nitrogens is 1. The standard InChI is InChI=1S/C17H13N3O/c1-21-15-8-7-13(11-5-3-2-4-6-11)14-9-12(10-18)17(19)20-16(14)15/h2-9H,1H3,(H2,19,20). The lowest BCUT2D eigenvalue weighted by Gasteiger charge is -2.11. The highest BCUT2D eigenvalue weighted by molar-refractivity contribution is 5.99. The zero-order chi connectivity index (χ0) is 14.8. The lowest BCUT2D eigenvalue weighted by molar-refractivity contribution is 0.419. The van der Waals surface area contributed by atoms with Crippen LogP contribution in [0.3, 0.4) is 0 Å². The van der Waals surface area contributed by atoms with E-state index < -0.39 is 0 Å². The first-order valence-electron chi connectivity index (χ1n) is 6.47. The Labute approximate surface area is 122 Å². The average molecular weight is 275 g/mol. The van der Waals surface area contributed by atoms with Crippen molar-refractivity contribution in [2.45, 2.75) is 0 Å². The second-order valence-electron chi connectivity index (χ2n) is 4.61. The van der Waals surface area contributed by atoms with Gasteiger partial charge >= 0.3 is 0 Å². The Kier molecular flexibility index (Phi) is 3.17. The first-order chi connectivity index (χ1) is 10.2. The molecule has 102 valence electrons. The summed E-state index contributed by atoms with van der Waals surface area (Å²) in [5, 5.41) is 10.0. The van der Waals surface area contributed by atoms with Gasteiger partial charge < -0.3 is 10.5 Å². The van der Waals surface area contributed by atoms with Crippen LogP contribution in [-0.4, -0.2) is 12.1 Å². The van der Waals surface area contributed by atoms with Crippen LogP contribution >= 0.6 is 0 Å². The molecule has 0 saturated carbocycles. The van der Waals surface area contributed by atoms with Gasteiger partial charge in [-0.25, -0.2) is 4.98 Å². The van der Waals surface area contributed by atoms with E-state index >= 15 is 0 Å². The zero-order valence-electron chi connectivity index (χ0n) is 11.5. The minimum atomic E-state index is 0.216. The molecular weight excluding hydrogens is 262 g/mol. The minimum absolute atomic E-state index is 0.216. The van der Waals surface area contributed by atoms with Crippen LogP contribution in [0.2, 0.25) is 0 Å². The Hall–Kier alpha value is -3.06. The SMILES string of the molecule is COc1ccc(-c2ccccc2)c2cc(C#N)c(N)nc12. The summed E-state index contributed by atoms with van der Waals surface area (Å²) in [6, 6.07) is 17.6. The largest absolute Gasteiger partial charge is 0.494 e. The molecule has 0 saturated heterocycles. The molecule has 1 aromatic heterocycles. The number of fused-ring (bicyclic) bond motifs is 1. The van der Waals surface area contributed by atoms with Crippen molar-refractivity contribution in [3.05, 3.63) is 54.1 Å². The van der Waals surface area contributed by atoms with Crippen molar-refractivity contribution in [2.75, 3.05) is 12.8 Å². The van der Waals surface area contributed by atoms with Gasteiger partial charge in [-0.3, -0.25) is 0 Å². The maximum atomic E-state index is 9.16. The topological polar surface area (TPSA) is 71.9 Å². The number of hydrogen-bond acceptors (Lipinski definition) is 4. The highest BCUT2D eigenvalue weighted by Crippen LogP contribution is 2.34. The molecule has 2 aromatic carbocycles. The number of anilines is 1. The van der Waals surface area contributed by atoms with E-state index in [-0.39, 0.29) is 5.82 Å². The van der Waals surface area contributed by atoms with Crippen molar-refractivity contribution < 1.29 is 4.74 Å². The lowest BCUT2D eigenvalue weighted by Crippen LogP contribution is -1.98. The molecule has 0 aliphatic carbocycles. The molecule has 1 heterocycles. The van der Waals surface area contributed by atoms with Crippen LogP contribution in [0.25, 0.3) is 22.0 Å². The highest BCUT2D eigenvalue weighted by Gasteiger charge is 2.12. The summed E-state index contributed by atoms with van der Waals surface area (Å²) in [6.07, 6.45) is 0. The number of nitrogens with two attached hydrogens (primary N) is 1. The van der Waals surface area contributed by atoms with Crippen LogP contribution in [0.5, 0.6) is 5.75 Å². The summed E-state index contributed by atoms with van der Waals surface area (Å²) in [5.41, 5.74) is 8.90. The van der Waals surface area contributed by atoms with Crippen LogP contribution in [0.15, 0.2) is 48.5 Å². The molecule has 0 atom stereocenters. The predicted molar refractivity (Wildman–Crippen MR) is 82.9 cm³/mol. The summed E-state index contributed by atoms with van der Waals surface area (Å²) in [6.45, 7) is 0. The second-order valence-corrected chi connectivity index (χ2v) is 4.61. The summed E-state index contributed by atoms with van der Waals surface area (Å²) in [7, 11) is 1.59. The number of rotatable bonds is 2. The third-order valence-corrected chi connectivity index (χ3v) is 3.40. The molecule has 2 N–H and O–H groups in total. The Morgan fingerprint density at radius 3 is 2.57 bits per heavy atom. The Balaban J connectivity index is 2.39.